The van der Waals surface area contributed by atoms with Crippen molar-refractivity contribution in [2.24, 2.45) is 0 Å². The average molecular weight is 270 g/mol. The molecular formula is C16H18N2O2. The SMILES string of the molecule is CCOC1CC(c2ccccn2)N(c2ccccc2)O1. The first-order valence-corrected chi connectivity index (χ1v) is 6.92. The van der Waals surface area contributed by atoms with Gasteiger partial charge in [-0.25, -0.2) is 9.90 Å². The molecule has 0 amide bonds. The molecule has 2 atom stereocenters. The van der Waals surface area contributed by atoms with Crippen molar-refractivity contribution in [3.8, 4) is 0 Å². The highest BCUT2D eigenvalue weighted by atomic mass is 16.8. The van der Waals surface area contributed by atoms with Gasteiger partial charge in [-0.15, -0.1) is 0 Å². The first kappa shape index (κ1) is 13.1. The Bertz CT molecular complexity index is 485. The molecule has 2 aromatic rings. The van der Waals surface area contributed by atoms with E-state index in [-0.39, 0.29) is 12.3 Å². The van der Waals surface area contributed by atoms with Crippen molar-refractivity contribution in [1.82, 2.24) is 4.98 Å². The van der Waals surface area contributed by atoms with Crippen LogP contribution in [0.25, 0.3) is 0 Å². The lowest BCUT2D eigenvalue weighted by Crippen LogP contribution is -2.23. The number of hydrogen-bond donors (Lipinski definition) is 0. The maximum Gasteiger partial charge on any atom is 0.186 e. The molecule has 0 radical (unpaired) electrons. The lowest BCUT2D eigenvalue weighted by Gasteiger charge is -2.23. The second kappa shape index (κ2) is 6.03. The van der Waals surface area contributed by atoms with E-state index in [1.165, 1.54) is 0 Å². The zero-order valence-electron chi connectivity index (χ0n) is 11.5. The highest BCUT2D eigenvalue weighted by molar-refractivity contribution is 5.46. The van der Waals surface area contributed by atoms with Crippen molar-refractivity contribution < 1.29 is 9.57 Å². The quantitative estimate of drug-likeness (QED) is 0.853. The van der Waals surface area contributed by atoms with Crippen LogP contribution in [-0.2, 0) is 9.57 Å². The summed E-state index contributed by atoms with van der Waals surface area (Å²) in [5, 5.41) is 1.91. The van der Waals surface area contributed by atoms with E-state index in [9.17, 15) is 0 Å². The van der Waals surface area contributed by atoms with Crippen LogP contribution in [0, 0.1) is 0 Å². The summed E-state index contributed by atoms with van der Waals surface area (Å²) in [5.74, 6) is 0. The zero-order chi connectivity index (χ0) is 13.8. The summed E-state index contributed by atoms with van der Waals surface area (Å²) >= 11 is 0. The fourth-order valence-corrected chi connectivity index (χ4v) is 2.44. The number of anilines is 1. The molecule has 0 spiro atoms. The van der Waals surface area contributed by atoms with E-state index in [4.69, 9.17) is 9.57 Å². The molecule has 20 heavy (non-hydrogen) atoms. The molecule has 104 valence electrons. The van der Waals surface area contributed by atoms with Crippen molar-refractivity contribution >= 4 is 5.69 Å². The molecule has 1 aromatic heterocycles. The van der Waals surface area contributed by atoms with Gasteiger partial charge in [-0.2, -0.15) is 0 Å². The third kappa shape index (κ3) is 2.66. The summed E-state index contributed by atoms with van der Waals surface area (Å²) in [4.78, 5) is 10.4. The monoisotopic (exact) mass is 270 g/mol. The summed E-state index contributed by atoms with van der Waals surface area (Å²) in [6, 6.07) is 16.1. The van der Waals surface area contributed by atoms with Crippen LogP contribution < -0.4 is 5.06 Å². The van der Waals surface area contributed by atoms with Gasteiger partial charge in [-0.05, 0) is 31.2 Å². The molecule has 4 heteroatoms. The number of nitrogens with zero attached hydrogens (tertiary/aromatic N) is 2. The van der Waals surface area contributed by atoms with Crippen LogP contribution in [0.15, 0.2) is 54.7 Å². The average Bonchev–Trinajstić information content (AvgIpc) is 2.93. The number of rotatable bonds is 4. The molecule has 0 aliphatic carbocycles. The van der Waals surface area contributed by atoms with Crippen molar-refractivity contribution in [2.75, 3.05) is 11.7 Å². The number of benzene rings is 1. The van der Waals surface area contributed by atoms with Gasteiger partial charge in [0.25, 0.3) is 0 Å². The third-order valence-corrected chi connectivity index (χ3v) is 3.32. The van der Waals surface area contributed by atoms with Crippen LogP contribution >= 0.6 is 0 Å². The second-order valence-corrected chi connectivity index (χ2v) is 4.66. The summed E-state index contributed by atoms with van der Waals surface area (Å²) in [6.45, 7) is 2.62. The number of para-hydroxylation sites is 1. The van der Waals surface area contributed by atoms with Crippen LogP contribution in [0.4, 0.5) is 5.69 Å². The van der Waals surface area contributed by atoms with E-state index in [0.717, 1.165) is 17.8 Å². The molecule has 4 nitrogen and oxygen atoms in total. The van der Waals surface area contributed by atoms with Gasteiger partial charge in [0.05, 0.1) is 11.4 Å². The highest BCUT2D eigenvalue weighted by Gasteiger charge is 2.36. The maximum absolute atomic E-state index is 5.93. The van der Waals surface area contributed by atoms with Gasteiger partial charge in [0, 0.05) is 19.2 Å². The van der Waals surface area contributed by atoms with Crippen LogP contribution in [0.1, 0.15) is 25.1 Å². The molecule has 1 aliphatic rings. The predicted molar refractivity (Wildman–Crippen MR) is 77.0 cm³/mol. The fourth-order valence-electron chi connectivity index (χ4n) is 2.44. The minimum Gasteiger partial charge on any atom is -0.350 e. The summed E-state index contributed by atoms with van der Waals surface area (Å²) < 4.78 is 5.61. The van der Waals surface area contributed by atoms with Crippen LogP contribution in [0.5, 0.6) is 0 Å². The van der Waals surface area contributed by atoms with E-state index in [0.29, 0.717) is 6.61 Å². The standard InChI is InChI=1S/C16H18N2O2/c1-2-19-16-12-15(14-10-6-7-11-17-14)18(20-16)13-8-4-3-5-9-13/h3-11,15-16H,2,12H2,1H3. The normalized spacial score (nSPS) is 22.1. The van der Waals surface area contributed by atoms with Crippen molar-refractivity contribution in [3.05, 3.63) is 60.4 Å². The first-order valence-electron chi connectivity index (χ1n) is 6.92. The lowest BCUT2D eigenvalue weighted by molar-refractivity contribution is -0.115. The minimum absolute atomic E-state index is 0.0788. The highest BCUT2D eigenvalue weighted by Crippen LogP contribution is 2.37. The Kier molecular flexibility index (Phi) is 3.95. The van der Waals surface area contributed by atoms with Crippen molar-refractivity contribution in [1.29, 1.82) is 0 Å². The van der Waals surface area contributed by atoms with E-state index >= 15 is 0 Å². The molecule has 1 aliphatic heterocycles. The fraction of sp³-hybridized carbons (Fsp3) is 0.312. The lowest BCUT2D eigenvalue weighted by atomic mass is 10.1. The molecule has 1 fully saturated rings. The van der Waals surface area contributed by atoms with Crippen molar-refractivity contribution in [2.45, 2.75) is 25.7 Å². The predicted octanol–water partition coefficient (Wildman–Crippen LogP) is 3.33. The number of pyridine rings is 1. The van der Waals surface area contributed by atoms with Gasteiger partial charge in [-0.1, -0.05) is 24.3 Å². The third-order valence-electron chi connectivity index (χ3n) is 3.32. The Morgan fingerprint density at radius 3 is 2.70 bits per heavy atom. The molecule has 0 bridgehead atoms. The Morgan fingerprint density at radius 2 is 2.00 bits per heavy atom. The Hall–Kier alpha value is -1.91. The van der Waals surface area contributed by atoms with E-state index in [1.807, 2.05) is 66.7 Å². The molecule has 2 unspecified atom stereocenters. The van der Waals surface area contributed by atoms with Gasteiger partial charge in [0.2, 0.25) is 0 Å². The second-order valence-electron chi connectivity index (χ2n) is 4.66. The van der Waals surface area contributed by atoms with Crippen LogP contribution in [-0.4, -0.2) is 17.9 Å². The van der Waals surface area contributed by atoms with Crippen LogP contribution in [0.3, 0.4) is 0 Å². The molecule has 1 aromatic carbocycles. The van der Waals surface area contributed by atoms with E-state index in [2.05, 4.69) is 4.98 Å². The molecule has 2 heterocycles. The summed E-state index contributed by atoms with van der Waals surface area (Å²) in [7, 11) is 0. The number of ether oxygens (including phenoxy) is 1. The molecule has 0 saturated carbocycles. The van der Waals surface area contributed by atoms with Crippen molar-refractivity contribution in [3.63, 3.8) is 0 Å². The van der Waals surface area contributed by atoms with Gasteiger partial charge in [0.15, 0.2) is 6.29 Å². The minimum atomic E-state index is -0.216. The van der Waals surface area contributed by atoms with Gasteiger partial charge < -0.3 is 4.74 Å². The number of hydroxylamine groups is 1. The zero-order valence-corrected chi connectivity index (χ0v) is 11.5. The molecule has 1 saturated heterocycles. The maximum atomic E-state index is 5.93. The molecule has 0 N–H and O–H groups in total. The Balaban J connectivity index is 1.89. The first-order chi connectivity index (χ1) is 9.88. The van der Waals surface area contributed by atoms with Crippen LogP contribution in [0.2, 0.25) is 0 Å². The smallest absolute Gasteiger partial charge is 0.186 e. The van der Waals surface area contributed by atoms with Gasteiger partial charge in [0.1, 0.15) is 6.04 Å². The van der Waals surface area contributed by atoms with E-state index < -0.39 is 0 Å². The largest absolute Gasteiger partial charge is 0.350 e. The molecular weight excluding hydrogens is 252 g/mol. The Labute approximate surface area is 118 Å². The summed E-state index contributed by atoms with van der Waals surface area (Å²) in [5.41, 5.74) is 2.02. The summed E-state index contributed by atoms with van der Waals surface area (Å²) in [6.07, 6.45) is 2.37. The Morgan fingerprint density at radius 1 is 1.20 bits per heavy atom. The van der Waals surface area contributed by atoms with E-state index in [1.54, 1.807) is 0 Å². The molecule has 3 rings (SSSR count). The van der Waals surface area contributed by atoms with Gasteiger partial charge >= 0.3 is 0 Å². The number of hydrogen-bond acceptors (Lipinski definition) is 4. The number of aromatic nitrogens is 1. The topological polar surface area (TPSA) is 34.6 Å². The van der Waals surface area contributed by atoms with Gasteiger partial charge in [-0.3, -0.25) is 4.98 Å².